The Morgan fingerprint density at radius 2 is 2.40 bits per heavy atom. The Bertz CT molecular complexity index is 97.4. The minimum absolute atomic E-state index is 0.0238. The van der Waals surface area contributed by atoms with Gasteiger partial charge in [-0.2, -0.15) is 0 Å². The van der Waals surface area contributed by atoms with Gasteiger partial charge in [-0.1, -0.05) is 19.8 Å². The Morgan fingerprint density at radius 1 is 1.60 bits per heavy atom. The van der Waals surface area contributed by atoms with Crippen molar-refractivity contribution in [3.8, 4) is 0 Å². The van der Waals surface area contributed by atoms with E-state index in [-0.39, 0.29) is 5.54 Å². The molecule has 1 rings (SSSR count). The topological polar surface area (TPSA) is 35.2 Å². The second kappa shape index (κ2) is 3.35. The van der Waals surface area contributed by atoms with Crippen molar-refractivity contribution in [2.45, 2.75) is 38.1 Å². The zero-order valence-corrected chi connectivity index (χ0v) is 6.73. The molecule has 0 spiro atoms. The molecular formula is C8H17NO. The lowest BCUT2D eigenvalue weighted by molar-refractivity contribution is 0.175. The summed E-state index contributed by atoms with van der Waals surface area (Å²) in [6, 6.07) is 0. The lowest BCUT2D eigenvalue weighted by Gasteiger charge is -2.20. The van der Waals surface area contributed by atoms with Gasteiger partial charge in [0.1, 0.15) is 0 Å². The highest BCUT2D eigenvalue weighted by Crippen LogP contribution is 2.21. The summed E-state index contributed by atoms with van der Waals surface area (Å²) in [6.07, 6.45) is 4.65. The first-order valence-corrected chi connectivity index (χ1v) is 4.13. The summed E-state index contributed by atoms with van der Waals surface area (Å²) in [5.41, 5.74) is 6.04. The number of unbranched alkanes of at least 4 members (excludes halogenated alkanes) is 1. The van der Waals surface area contributed by atoms with Crippen molar-refractivity contribution in [2.75, 3.05) is 13.2 Å². The molecule has 1 saturated heterocycles. The molecule has 0 saturated carbocycles. The molecule has 1 atom stereocenters. The van der Waals surface area contributed by atoms with Gasteiger partial charge in [0.2, 0.25) is 0 Å². The zero-order chi connectivity index (χ0) is 7.45. The molecule has 0 aromatic heterocycles. The molecule has 10 heavy (non-hydrogen) atoms. The second-order valence-electron chi connectivity index (χ2n) is 3.27. The largest absolute Gasteiger partial charge is 0.379 e. The van der Waals surface area contributed by atoms with Crippen LogP contribution >= 0.6 is 0 Å². The third kappa shape index (κ3) is 1.96. The number of nitrogens with two attached hydrogens (primary N) is 1. The van der Waals surface area contributed by atoms with Gasteiger partial charge in [0.15, 0.2) is 0 Å². The molecule has 0 aromatic rings. The van der Waals surface area contributed by atoms with Crippen molar-refractivity contribution in [3.63, 3.8) is 0 Å². The molecule has 0 amide bonds. The maximum Gasteiger partial charge on any atom is 0.0647 e. The fourth-order valence-corrected chi connectivity index (χ4v) is 1.35. The van der Waals surface area contributed by atoms with Crippen LogP contribution in [0.4, 0.5) is 0 Å². The van der Waals surface area contributed by atoms with Gasteiger partial charge in [-0.25, -0.2) is 0 Å². The Morgan fingerprint density at radius 3 is 2.90 bits per heavy atom. The van der Waals surface area contributed by atoms with E-state index in [0.717, 1.165) is 26.1 Å². The molecule has 1 fully saturated rings. The highest BCUT2D eigenvalue weighted by atomic mass is 16.5. The van der Waals surface area contributed by atoms with Crippen LogP contribution < -0.4 is 5.73 Å². The molecule has 2 nitrogen and oxygen atoms in total. The molecule has 0 aromatic carbocycles. The summed E-state index contributed by atoms with van der Waals surface area (Å²) in [5, 5.41) is 0. The average molecular weight is 143 g/mol. The van der Waals surface area contributed by atoms with Gasteiger partial charge in [0, 0.05) is 12.1 Å². The molecule has 1 aliphatic rings. The highest BCUT2D eigenvalue weighted by Gasteiger charge is 2.28. The van der Waals surface area contributed by atoms with E-state index in [1.807, 2.05) is 0 Å². The SMILES string of the molecule is CCCC[C@@]1(N)CCOC1. The number of ether oxygens (including phenoxy) is 1. The molecule has 2 N–H and O–H groups in total. The minimum Gasteiger partial charge on any atom is -0.379 e. The lowest BCUT2D eigenvalue weighted by Crippen LogP contribution is -2.39. The molecular weight excluding hydrogens is 126 g/mol. The summed E-state index contributed by atoms with van der Waals surface area (Å²) in [7, 11) is 0. The molecule has 0 bridgehead atoms. The quantitative estimate of drug-likeness (QED) is 0.646. The van der Waals surface area contributed by atoms with Crippen molar-refractivity contribution >= 4 is 0 Å². The van der Waals surface area contributed by atoms with Gasteiger partial charge in [0.25, 0.3) is 0 Å². The molecule has 60 valence electrons. The van der Waals surface area contributed by atoms with Crippen molar-refractivity contribution in [1.29, 1.82) is 0 Å². The Kier molecular flexibility index (Phi) is 2.69. The summed E-state index contributed by atoms with van der Waals surface area (Å²) in [5.74, 6) is 0. The standard InChI is InChI=1S/C8H17NO/c1-2-3-4-8(9)5-6-10-7-8/h2-7,9H2,1H3/t8-/m1/s1. The Balaban J connectivity index is 2.22. The van der Waals surface area contributed by atoms with Crippen LogP contribution in [0.2, 0.25) is 0 Å². The maximum atomic E-state index is 6.02. The second-order valence-corrected chi connectivity index (χ2v) is 3.27. The molecule has 1 heterocycles. The van der Waals surface area contributed by atoms with Gasteiger partial charge < -0.3 is 10.5 Å². The third-order valence-electron chi connectivity index (χ3n) is 2.16. The predicted octanol–water partition coefficient (Wildman–Crippen LogP) is 1.29. The summed E-state index contributed by atoms with van der Waals surface area (Å²) in [4.78, 5) is 0. The first-order chi connectivity index (χ1) is 4.77. The van der Waals surface area contributed by atoms with E-state index in [0.29, 0.717) is 0 Å². The molecule has 2 heteroatoms. The Hall–Kier alpha value is -0.0800. The molecule has 1 aliphatic heterocycles. The normalized spacial score (nSPS) is 33.0. The van der Waals surface area contributed by atoms with E-state index in [1.165, 1.54) is 12.8 Å². The van der Waals surface area contributed by atoms with E-state index in [1.54, 1.807) is 0 Å². The van der Waals surface area contributed by atoms with E-state index in [2.05, 4.69) is 6.92 Å². The molecule has 0 unspecified atom stereocenters. The first kappa shape index (κ1) is 8.02. The molecule has 0 aliphatic carbocycles. The van der Waals surface area contributed by atoms with E-state index in [4.69, 9.17) is 10.5 Å². The average Bonchev–Trinajstić information content (AvgIpc) is 2.33. The summed E-state index contributed by atoms with van der Waals surface area (Å²) < 4.78 is 5.23. The van der Waals surface area contributed by atoms with E-state index in [9.17, 15) is 0 Å². The predicted molar refractivity (Wildman–Crippen MR) is 41.9 cm³/mol. The van der Waals surface area contributed by atoms with Crippen LogP contribution in [0.15, 0.2) is 0 Å². The van der Waals surface area contributed by atoms with E-state index < -0.39 is 0 Å². The van der Waals surface area contributed by atoms with Crippen molar-refractivity contribution in [3.05, 3.63) is 0 Å². The van der Waals surface area contributed by atoms with Crippen molar-refractivity contribution in [1.82, 2.24) is 0 Å². The van der Waals surface area contributed by atoms with E-state index >= 15 is 0 Å². The lowest BCUT2D eigenvalue weighted by atomic mass is 9.93. The Labute approximate surface area is 62.7 Å². The summed E-state index contributed by atoms with van der Waals surface area (Å²) >= 11 is 0. The van der Waals surface area contributed by atoms with Gasteiger partial charge >= 0.3 is 0 Å². The van der Waals surface area contributed by atoms with Gasteiger partial charge in [-0.05, 0) is 12.8 Å². The fraction of sp³-hybridized carbons (Fsp3) is 1.00. The minimum atomic E-state index is 0.0238. The fourth-order valence-electron chi connectivity index (χ4n) is 1.35. The van der Waals surface area contributed by atoms with Gasteiger partial charge in [-0.15, -0.1) is 0 Å². The van der Waals surface area contributed by atoms with Crippen LogP contribution in [0.25, 0.3) is 0 Å². The van der Waals surface area contributed by atoms with Gasteiger partial charge in [0.05, 0.1) is 6.61 Å². The maximum absolute atomic E-state index is 6.02. The highest BCUT2D eigenvalue weighted by molar-refractivity contribution is 4.87. The third-order valence-corrected chi connectivity index (χ3v) is 2.16. The van der Waals surface area contributed by atoms with Crippen LogP contribution in [0.1, 0.15) is 32.6 Å². The van der Waals surface area contributed by atoms with Gasteiger partial charge in [-0.3, -0.25) is 0 Å². The first-order valence-electron chi connectivity index (χ1n) is 4.13. The van der Waals surface area contributed by atoms with Crippen LogP contribution in [-0.4, -0.2) is 18.8 Å². The van der Waals surface area contributed by atoms with Crippen LogP contribution in [-0.2, 0) is 4.74 Å². The monoisotopic (exact) mass is 143 g/mol. The van der Waals surface area contributed by atoms with Crippen LogP contribution in [0.5, 0.6) is 0 Å². The number of hydrogen-bond donors (Lipinski definition) is 1. The molecule has 0 radical (unpaired) electrons. The number of rotatable bonds is 3. The smallest absolute Gasteiger partial charge is 0.0647 e. The summed E-state index contributed by atoms with van der Waals surface area (Å²) in [6.45, 7) is 3.83. The van der Waals surface area contributed by atoms with Crippen molar-refractivity contribution < 1.29 is 4.74 Å². The number of hydrogen-bond acceptors (Lipinski definition) is 2. The van der Waals surface area contributed by atoms with Crippen LogP contribution in [0, 0.1) is 0 Å². The van der Waals surface area contributed by atoms with Crippen molar-refractivity contribution in [2.24, 2.45) is 5.73 Å². The zero-order valence-electron chi connectivity index (χ0n) is 6.73. The van der Waals surface area contributed by atoms with Crippen LogP contribution in [0.3, 0.4) is 0 Å².